The highest BCUT2D eigenvalue weighted by Gasteiger charge is 2.11. The minimum Gasteiger partial charge on any atom is -0.385 e. The zero-order chi connectivity index (χ0) is 15.1. The third kappa shape index (κ3) is 4.13. The van der Waals surface area contributed by atoms with Crippen LogP contribution in [0.3, 0.4) is 0 Å². The van der Waals surface area contributed by atoms with Crippen LogP contribution in [0.1, 0.15) is 6.42 Å². The Morgan fingerprint density at radius 1 is 1.33 bits per heavy atom. The van der Waals surface area contributed by atoms with E-state index in [-0.39, 0.29) is 12.5 Å². The first-order valence-corrected chi connectivity index (χ1v) is 6.89. The lowest BCUT2D eigenvalue weighted by molar-refractivity contribution is -0.119. The Morgan fingerprint density at radius 2 is 2.14 bits per heavy atom. The second-order valence-corrected chi connectivity index (χ2v) is 4.77. The van der Waals surface area contributed by atoms with Gasteiger partial charge in [-0.3, -0.25) is 4.79 Å². The molecule has 0 aliphatic rings. The molecular weight excluding hydrogens is 268 g/mol. The van der Waals surface area contributed by atoms with Crippen molar-refractivity contribution < 1.29 is 9.53 Å². The van der Waals surface area contributed by atoms with Crippen LogP contribution in [0.2, 0.25) is 0 Å². The summed E-state index contributed by atoms with van der Waals surface area (Å²) in [5.74, 6) is 0.726. The van der Waals surface area contributed by atoms with E-state index in [1.54, 1.807) is 7.11 Å². The molecule has 0 atom stereocenters. The van der Waals surface area contributed by atoms with Crippen LogP contribution in [0.4, 0.5) is 5.82 Å². The topological polar surface area (TPSA) is 67.3 Å². The number of nitrogens with zero attached hydrogens (tertiary/aromatic N) is 3. The first-order chi connectivity index (χ1) is 10.2. The van der Waals surface area contributed by atoms with E-state index in [2.05, 4.69) is 15.3 Å². The smallest absolute Gasteiger partial charge is 0.239 e. The number of rotatable bonds is 7. The van der Waals surface area contributed by atoms with Crippen molar-refractivity contribution in [1.29, 1.82) is 0 Å². The number of hydrogen-bond acceptors (Lipinski definition) is 5. The SMILES string of the molecule is COCCCNC(=O)CN(C)c1ncnc2ccccc12. The molecule has 1 aromatic carbocycles. The van der Waals surface area contributed by atoms with Crippen LogP contribution in [-0.4, -0.2) is 49.7 Å². The number of aromatic nitrogens is 2. The van der Waals surface area contributed by atoms with Gasteiger partial charge >= 0.3 is 0 Å². The van der Waals surface area contributed by atoms with Crippen LogP contribution in [0, 0.1) is 0 Å². The fraction of sp³-hybridized carbons (Fsp3) is 0.400. The van der Waals surface area contributed by atoms with Crippen molar-refractivity contribution in [2.75, 3.05) is 38.8 Å². The van der Waals surface area contributed by atoms with Crippen molar-refractivity contribution in [3.8, 4) is 0 Å². The normalized spacial score (nSPS) is 10.6. The largest absolute Gasteiger partial charge is 0.385 e. The monoisotopic (exact) mass is 288 g/mol. The summed E-state index contributed by atoms with van der Waals surface area (Å²) in [6, 6.07) is 7.76. The van der Waals surface area contributed by atoms with E-state index >= 15 is 0 Å². The second-order valence-electron chi connectivity index (χ2n) is 4.77. The number of para-hydroxylation sites is 1. The van der Waals surface area contributed by atoms with Crippen molar-refractivity contribution in [1.82, 2.24) is 15.3 Å². The van der Waals surface area contributed by atoms with Crippen LogP contribution in [0.15, 0.2) is 30.6 Å². The summed E-state index contributed by atoms with van der Waals surface area (Å²) in [6.07, 6.45) is 2.33. The number of likely N-dealkylation sites (N-methyl/N-ethyl adjacent to an activating group) is 1. The highest BCUT2D eigenvalue weighted by Crippen LogP contribution is 2.20. The molecule has 2 rings (SSSR count). The van der Waals surface area contributed by atoms with Crippen LogP contribution in [0.25, 0.3) is 10.9 Å². The molecule has 0 radical (unpaired) electrons. The summed E-state index contributed by atoms with van der Waals surface area (Å²) in [5.41, 5.74) is 0.870. The number of fused-ring (bicyclic) bond motifs is 1. The lowest BCUT2D eigenvalue weighted by Crippen LogP contribution is -2.36. The molecule has 2 aromatic rings. The lowest BCUT2D eigenvalue weighted by Gasteiger charge is -2.19. The van der Waals surface area contributed by atoms with Gasteiger partial charge in [-0.05, 0) is 18.6 Å². The number of carbonyl (C=O) groups excluding carboxylic acids is 1. The molecule has 0 unspecified atom stereocenters. The van der Waals surface area contributed by atoms with Gasteiger partial charge in [-0.2, -0.15) is 0 Å². The summed E-state index contributed by atoms with van der Waals surface area (Å²) in [6.45, 7) is 1.52. The van der Waals surface area contributed by atoms with Crippen LogP contribution in [0.5, 0.6) is 0 Å². The predicted molar refractivity (Wildman–Crippen MR) is 82.3 cm³/mol. The quantitative estimate of drug-likeness (QED) is 0.776. The average molecular weight is 288 g/mol. The van der Waals surface area contributed by atoms with Gasteiger partial charge in [-0.15, -0.1) is 0 Å². The Kier molecular flexibility index (Phi) is 5.45. The number of benzene rings is 1. The fourth-order valence-corrected chi connectivity index (χ4v) is 2.09. The number of amides is 1. The molecule has 6 heteroatoms. The number of hydrogen-bond donors (Lipinski definition) is 1. The molecule has 1 amide bonds. The number of ether oxygens (including phenoxy) is 1. The minimum absolute atomic E-state index is 0.0312. The highest BCUT2D eigenvalue weighted by molar-refractivity contribution is 5.91. The molecule has 0 aliphatic heterocycles. The Bertz CT molecular complexity index is 598. The second kappa shape index (κ2) is 7.54. The molecule has 21 heavy (non-hydrogen) atoms. The molecule has 0 aliphatic carbocycles. The highest BCUT2D eigenvalue weighted by atomic mass is 16.5. The van der Waals surface area contributed by atoms with Crippen molar-refractivity contribution >= 4 is 22.6 Å². The van der Waals surface area contributed by atoms with Crippen molar-refractivity contribution in [3.63, 3.8) is 0 Å². The van der Waals surface area contributed by atoms with Crippen LogP contribution >= 0.6 is 0 Å². The third-order valence-electron chi connectivity index (χ3n) is 3.11. The molecule has 1 aromatic heterocycles. The Balaban J connectivity index is 1.99. The lowest BCUT2D eigenvalue weighted by atomic mass is 10.2. The van der Waals surface area contributed by atoms with Crippen molar-refractivity contribution in [2.45, 2.75) is 6.42 Å². The summed E-state index contributed by atoms with van der Waals surface area (Å²) in [5, 5.41) is 3.80. The van der Waals surface area contributed by atoms with Gasteiger partial charge in [0.15, 0.2) is 0 Å². The van der Waals surface area contributed by atoms with Crippen LogP contribution in [-0.2, 0) is 9.53 Å². The van der Waals surface area contributed by atoms with E-state index in [1.165, 1.54) is 6.33 Å². The standard InChI is InChI=1S/C15H20N4O2/c1-19(10-14(20)16-8-5-9-21-2)15-12-6-3-4-7-13(12)17-11-18-15/h3-4,6-7,11H,5,8-10H2,1-2H3,(H,16,20). The first kappa shape index (κ1) is 15.2. The van der Waals surface area contributed by atoms with Gasteiger partial charge in [-0.25, -0.2) is 9.97 Å². The minimum atomic E-state index is -0.0312. The molecule has 0 fully saturated rings. The summed E-state index contributed by atoms with van der Waals surface area (Å²) >= 11 is 0. The molecule has 0 spiro atoms. The van der Waals surface area contributed by atoms with Gasteiger partial charge in [0, 0.05) is 32.7 Å². The van der Waals surface area contributed by atoms with Crippen LogP contribution < -0.4 is 10.2 Å². The zero-order valence-corrected chi connectivity index (χ0v) is 12.4. The first-order valence-electron chi connectivity index (χ1n) is 6.89. The van der Waals surface area contributed by atoms with Crippen molar-refractivity contribution in [3.05, 3.63) is 30.6 Å². The van der Waals surface area contributed by atoms with E-state index in [9.17, 15) is 4.79 Å². The summed E-state index contributed by atoms with van der Waals surface area (Å²) in [7, 11) is 3.50. The van der Waals surface area contributed by atoms with E-state index in [4.69, 9.17) is 4.74 Å². The van der Waals surface area contributed by atoms with E-state index in [0.717, 1.165) is 23.1 Å². The zero-order valence-electron chi connectivity index (χ0n) is 12.4. The molecular formula is C15H20N4O2. The van der Waals surface area contributed by atoms with E-state index < -0.39 is 0 Å². The van der Waals surface area contributed by atoms with E-state index in [0.29, 0.717) is 13.2 Å². The van der Waals surface area contributed by atoms with Gasteiger partial charge in [-0.1, -0.05) is 12.1 Å². The van der Waals surface area contributed by atoms with E-state index in [1.807, 2.05) is 36.2 Å². The number of nitrogens with one attached hydrogen (secondary N) is 1. The average Bonchev–Trinajstić information content (AvgIpc) is 2.51. The fourth-order valence-electron chi connectivity index (χ4n) is 2.09. The summed E-state index contributed by atoms with van der Waals surface area (Å²) in [4.78, 5) is 22.2. The molecule has 1 heterocycles. The predicted octanol–water partition coefficient (Wildman–Crippen LogP) is 1.22. The number of carbonyl (C=O) groups is 1. The molecule has 112 valence electrons. The maximum absolute atomic E-state index is 11.9. The van der Waals surface area contributed by atoms with Gasteiger partial charge in [0.2, 0.25) is 5.91 Å². The van der Waals surface area contributed by atoms with Gasteiger partial charge in [0.1, 0.15) is 12.1 Å². The molecule has 0 saturated heterocycles. The van der Waals surface area contributed by atoms with Crippen molar-refractivity contribution in [2.24, 2.45) is 0 Å². The van der Waals surface area contributed by atoms with Gasteiger partial charge in [0.25, 0.3) is 0 Å². The number of methoxy groups -OCH3 is 1. The molecule has 1 N–H and O–H groups in total. The number of anilines is 1. The summed E-state index contributed by atoms with van der Waals surface area (Å²) < 4.78 is 4.94. The maximum Gasteiger partial charge on any atom is 0.239 e. The molecule has 0 saturated carbocycles. The Hall–Kier alpha value is -2.21. The third-order valence-corrected chi connectivity index (χ3v) is 3.11. The Labute approximate surface area is 124 Å². The molecule has 6 nitrogen and oxygen atoms in total. The Morgan fingerprint density at radius 3 is 2.95 bits per heavy atom. The molecule has 0 bridgehead atoms. The van der Waals surface area contributed by atoms with Gasteiger partial charge in [0.05, 0.1) is 12.1 Å². The maximum atomic E-state index is 11.9. The van der Waals surface area contributed by atoms with Gasteiger partial charge < -0.3 is 15.0 Å².